The largest absolute Gasteiger partial charge is 0.360 e. The van der Waals surface area contributed by atoms with Crippen molar-refractivity contribution in [3.05, 3.63) is 28.7 Å². The number of halogens is 1. The maximum absolute atomic E-state index is 11.6. The molecule has 5 heteroatoms. The lowest BCUT2D eigenvalue weighted by Gasteiger charge is -2.14. The van der Waals surface area contributed by atoms with E-state index in [4.69, 9.17) is 4.74 Å². The normalized spacial score (nSPS) is 20.5. The van der Waals surface area contributed by atoms with Crippen molar-refractivity contribution >= 4 is 27.6 Å². The molecule has 1 N–H and O–H groups in total. The number of nitrogens with zero attached hydrogens (tertiary/aromatic N) is 1. The Kier molecular flexibility index (Phi) is 2.93. The van der Waals surface area contributed by atoms with Crippen molar-refractivity contribution < 1.29 is 9.53 Å². The number of amides is 2. The van der Waals surface area contributed by atoms with Crippen molar-refractivity contribution in [2.24, 2.45) is 0 Å². The summed E-state index contributed by atoms with van der Waals surface area (Å²) in [5, 5.41) is 2.72. The summed E-state index contributed by atoms with van der Waals surface area (Å²) in [4.78, 5) is 13.2. The molecule has 1 aromatic carbocycles. The highest BCUT2D eigenvalue weighted by molar-refractivity contribution is 9.10. The monoisotopic (exact) mass is 270 g/mol. The summed E-state index contributed by atoms with van der Waals surface area (Å²) in [6.45, 7) is 0.539. The summed E-state index contributed by atoms with van der Waals surface area (Å²) in [7, 11) is 1.58. The number of hydrogen-bond acceptors (Lipinski definition) is 2. The van der Waals surface area contributed by atoms with E-state index in [0.29, 0.717) is 6.54 Å². The molecule has 4 nitrogen and oxygen atoms in total. The molecule has 1 aromatic rings. The van der Waals surface area contributed by atoms with Gasteiger partial charge in [0.1, 0.15) is 6.23 Å². The van der Waals surface area contributed by atoms with Crippen molar-refractivity contribution in [1.29, 1.82) is 0 Å². The predicted molar refractivity (Wildman–Crippen MR) is 60.8 cm³/mol. The maximum Gasteiger partial charge on any atom is 0.324 e. The summed E-state index contributed by atoms with van der Waals surface area (Å²) in [6.07, 6.45) is -0.221. The van der Waals surface area contributed by atoms with Crippen molar-refractivity contribution in [3.8, 4) is 0 Å². The van der Waals surface area contributed by atoms with E-state index in [-0.39, 0.29) is 12.3 Å². The number of urea groups is 1. The number of carbonyl (C=O) groups is 1. The lowest BCUT2D eigenvalue weighted by atomic mass is 10.3. The SMILES string of the molecule is COC1CN(c2ccc(Br)cc2)C(=O)N1. The fourth-order valence-corrected chi connectivity index (χ4v) is 1.75. The second-order valence-corrected chi connectivity index (χ2v) is 4.18. The van der Waals surface area contributed by atoms with Crippen molar-refractivity contribution in [2.75, 3.05) is 18.6 Å². The van der Waals surface area contributed by atoms with Crippen LogP contribution in [0.25, 0.3) is 0 Å². The summed E-state index contributed by atoms with van der Waals surface area (Å²) in [5.41, 5.74) is 0.871. The fourth-order valence-electron chi connectivity index (χ4n) is 1.49. The lowest BCUT2D eigenvalue weighted by Crippen LogP contribution is -2.29. The van der Waals surface area contributed by atoms with Crippen molar-refractivity contribution in [1.82, 2.24) is 5.32 Å². The zero-order chi connectivity index (χ0) is 10.8. The number of benzene rings is 1. The molecule has 1 aliphatic rings. The van der Waals surface area contributed by atoms with Crippen LogP contribution in [-0.2, 0) is 4.74 Å². The van der Waals surface area contributed by atoms with Gasteiger partial charge in [0.2, 0.25) is 0 Å². The number of rotatable bonds is 2. The molecule has 1 atom stereocenters. The van der Waals surface area contributed by atoms with Gasteiger partial charge < -0.3 is 10.1 Å². The number of carbonyl (C=O) groups excluding carboxylic acids is 1. The van der Waals surface area contributed by atoms with Gasteiger partial charge in [-0.25, -0.2) is 4.79 Å². The van der Waals surface area contributed by atoms with Gasteiger partial charge in [0.05, 0.1) is 6.54 Å². The van der Waals surface area contributed by atoms with E-state index in [1.807, 2.05) is 24.3 Å². The van der Waals surface area contributed by atoms with Gasteiger partial charge in [0.15, 0.2) is 0 Å². The third kappa shape index (κ3) is 2.13. The van der Waals surface area contributed by atoms with Crippen LogP contribution in [0.15, 0.2) is 28.7 Å². The topological polar surface area (TPSA) is 41.6 Å². The molecule has 0 radical (unpaired) electrons. The fraction of sp³-hybridized carbons (Fsp3) is 0.300. The Morgan fingerprint density at radius 1 is 1.47 bits per heavy atom. The minimum Gasteiger partial charge on any atom is -0.360 e. The molecule has 1 fully saturated rings. The molecule has 1 aliphatic heterocycles. The molecule has 0 spiro atoms. The van der Waals surface area contributed by atoms with E-state index in [9.17, 15) is 4.79 Å². The van der Waals surface area contributed by atoms with Crippen LogP contribution in [0.2, 0.25) is 0 Å². The van der Waals surface area contributed by atoms with Crippen LogP contribution >= 0.6 is 15.9 Å². The molecule has 15 heavy (non-hydrogen) atoms. The van der Waals surface area contributed by atoms with Crippen LogP contribution in [0.5, 0.6) is 0 Å². The molecule has 0 bridgehead atoms. The van der Waals surface area contributed by atoms with Crippen LogP contribution in [0.1, 0.15) is 0 Å². The molecule has 2 amide bonds. The van der Waals surface area contributed by atoms with Gasteiger partial charge in [-0.15, -0.1) is 0 Å². The minimum atomic E-state index is -0.221. The highest BCUT2D eigenvalue weighted by atomic mass is 79.9. The van der Waals surface area contributed by atoms with E-state index in [2.05, 4.69) is 21.2 Å². The quantitative estimate of drug-likeness (QED) is 0.893. The van der Waals surface area contributed by atoms with E-state index in [1.54, 1.807) is 12.0 Å². The molecule has 2 rings (SSSR count). The smallest absolute Gasteiger partial charge is 0.324 e. The molecule has 1 heterocycles. The number of methoxy groups -OCH3 is 1. The van der Waals surface area contributed by atoms with Crippen LogP contribution in [-0.4, -0.2) is 25.9 Å². The van der Waals surface area contributed by atoms with E-state index in [0.717, 1.165) is 10.2 Å². The number of hydrogen-bond donors (Lipinski definition) is 1. The van der Waals surface area contributed by atoms with Crippen LogP contribution < -0.4 is 10.2 Å². The Bertz CT molecular complexity index is 366. The molecule has 1 unspecified atom stereocenters. The zero-order valence-electron chi connectivity index (χ0n) is 8.24. The van der Waals surface area contributed by atoms with Crippen LogP contribution in [0.3, 0.4) is 0 Å². The Labute approximate surface area is 96.3 Å². The van der Waals surface area contributed by atoms with Crippen LogP contribution in [0.4, 0.5) is 10.5 Å². The van der Waals surface area contributed by atoms with Crippen molar-refractivity contribution in [3.63, 3.8) is 0 Å². The summed E-state index contributed by atoms with van der Waals surface area (Å²) < 4.78 is 6.07. The molecule has 0 saturated carbocycles. The number of anilines is 1. The Morgan fingerprint density at radius 2 is 2.13 bits per heavy atom. The van der Waals surface area contributed by atoms with Crippen LogP contribution in [0, 0.1) is 0 Å². The van der Waals surface area contributed by atoms with E-state index >= 15 is 0 Å². The van der Waals surface area contributed by atoms with E-state index in [1.165, 1.54) is 0 Å². The van der Waals surface area contributed by atoms with Gasteiger partial charge in [-0.3, -0.25) is 4.90 Å². The Hall–Kier alpha value is -1.07. The summed E-state index contributed by atoms with van der Waals surface area (Å²) >= 11 is 3.35. The van der Waals surface area contributed by atoms with Gasteiger partial charge in [-0.05, 0) is 24.3 Å². The van der Waals surface area contributed by atoms with Gasteiger partial charge in [-0.1, -0.05) is 15.9 Å². The Morgan fingerprint density at radius 3 is 2.67 bits per heavy atom. The lowest BCUT2D eigenvalue weighted by molar-refractivity contribution is 0.105. The molecule has 80 valence electrons. The number of ether oxygens (including phenoxy) is 1. The third-order valence-corrected chi connectivity index (χ3v) is 2.83. The highest BCUT2D eigenvalue weighted by Crippen LogP contribution is 2.21. The highest BCUT2D eigenvalue weighted by Gasteiger charge is 2.29. The molecule has 0 aliphatic carbocycles. The standard InChI is InChI=1S/C10H11BrN2O2/c1-15-9-6-13(10(14)12-9)8-4-2-7(11)3-5-8/h2-5,9H,6H2,1H3,(H,12,14). The predicted octanol–water partition coefficient (Wildman–Crippen LogP) is 1.95. The zero-order valence-corrected chi connectivity index (χ0v) is 9.82. The summed E-state index contributed by atoms with van der Waals surface area (Å²) in [6, 6.07) is 7.47. The van der Waals surface area contributed by atoms with Crippen molar-refractivity contribution in [2.45, 2.75) is 6.23 Å². The maximum atomic E-state index is 11.6. The number of nitrogens with one attached hydrogen (secondary N) is 1. The average Bonchev–Trinajstić information content (AvgIpc) is 2.61. The van der Waals surface area contributed by atoms with Gasteiger partial charge in [0, 0.05) is 17.3 Å². The van der Waals surface area contributed by atoms with Gasteiger partial charge in [0.25, 0.3) is 0 Å². The second kappa shape index (κ2) is 4.20. The first-order valence-electron chi connectivity index (χ1n) is 4.57. The summed E-state index contributed by atoms with van der Waals surface area (Å²) in [5.74, 6) is 0. The third-order valence-electron chi connectivity index (χ3n) is 2.30. The first kappa shape index (κ1) is 10.4. The van der Waals surface area contributed by atoms with Gasteiger partial charge in [-0.2, -0.15) is 0 Å². The molecular weight excluding hydrogens is 260 g/mol. The van der Waals surface area contributed by atoms with E-state index < -0.39 is 0 Å². The average molecular weight is 271 g/mol. The Balaban J connectivity index is 2.18. The van der Waals surface area contributed by atoms with Gasteiger partial charge >= 0.3 is 6.03 Å². The first-order chi connectivity index (χ1) is 7.20. The molecular formula is C10H11BrN2O2. The minimum absolute atomic E-state index is 0.121. The second-order valence-electron chi connectivity index (χ2n) is 3.26. The first-order valence-corrected chi connectivity index (χ1v) is 5.36. The molecule has 1 saturated heterocycles. The molecule has 0 aromatic heterocycles.